The van der Waals surface area contributed by atoms with Gasteiger partial charge in [-0.1, -0.05) is 41.9 Å². The van der Waals surface area contributed by atoms with Crippen molar-refractivity contribution in [1.82, 2.24) is 4.90 Å². The topological polar surface area (TPSA) is 32.8 Å². The number of amides is 1. The standard InChI is InChI=1S/C18H17ClN2O2/c1-20-16-8-7-14(19)11-15(16)18(13-5-3-2-4-6-13)21(9-10-23-18)12-17(20)22/h2-8,11H,9-10,12H2,1H3. The van der Waals surface area contributed by atoms with Gasteiger partial charge in [0.25, 0.3) is 0 Å². The zero-order chi connectivity index (χ0) is 16.0. The van der Waals surface area contributed by atoms with Gasteiger partial charge in [-0.2, -0.15) is 0 Å². The molecule has 4 rings (SSSR count). The molecule has 23 heavy (non-hydrogen) atoms. The van der Waals surface area contributed by atoms with E-state index in [-0.39, 0.29) is 5.91 Å². The second kappa shape index (κ2) is 5.34. The van der Waals surface area contributed by atoms with E-state index in [1.54, 1.807) is 11.9 Å². The van der Waals surface area contributed by atoms with Crippen LogP contribution in [0.2, 0.25) is 5.02 Å². The summed E-state index contributed by atoms with van der Waals surface area (Å²) in [5, 5.41) is 0.636. The summed E-state index contributed by atoms with van der Waals surface area (Å²) < 4.78 is 6.28. The summed E-state index contributed by atoms with van der Waals surface area (Å²) >= 11 is 6.28. The van der Waals surface area contributed by atoms with Crippen molar-refractivity contribution < 1.29 is 9.53 Å². The number of rotatable bonds is 1. The molecular formula is C18H17ClN2O2. The summed E-state index contributed by atoms with van der Waals surface area (Å²) in [6.45, 7) is 1.61. The minimum Gasteiger partial charge on any atom is -0.350 e. The molecule has 4 nitrogen and oxygen atoms in total. The maximum absolute atomic E-state index is 12.6. The minimum absolute atomic E-state index is 0.0527. The van der Waals surface area contributed by atoms with E-state index >= 15 is 0 Å². The molecule has 0 N–H and O–H groups in total. The van der Waals surface area contributed by atoms with Crippen LogP contribution in [0.25, 0.3) is 0 Å². The van der Waals surface area contributed by atoms with Crippen LogP contribution in [0.15, 0.2) is 48.5 Å². The fourth-order valence-corrected chi connectivity index (χ4v) is 3.72. The van der Waals surface area contributed by atoms with Crippen LogP contribution in [0.5, 0.6) is 0 Å². The van der Waals surface area contributed by atoms with Gasteiger partial charge in [0.05, 0.1) is 18.8 Å². The fourth-order valence-electron chi connectivity index (χ4n) is 3.55. The minimum atomic E-state index is -0.762. The molecule has 2 aliphatic rings. The number of halogens is 1. The SMILES string of the molecule is CN1C(=O)CN2CCOC2(c2ccccc2)c2cc(Cl)ccc21. The maximum Gasteiger partial charge on any atom is 0.241 e. The average molecular weight is 329 g/mol. The van der Waals surface area contributed by atoms with E-state index in [9.17, 15) is 4.79 Å². The van der Waals surface area contributed by atoms with Crippen LogP contribution in [0, 0.1) is 0 Å². The predicted molar refractivity (Wildman–Crippen MR) is 89.6 cm³/mol. The van der Waals surface area contributed by atoms with Gasteiger partial charge in [0.2, 0.25) is 5.91 Å². The molecule has 118 valence electrons. The van der Waals surface area contributed by atoms with Crippen molar-refractivity contribution in [3.05, 3.63) is 64.7 Å². The number of benzene rings is 2. The number of ether oxygens (including phenoxy) is 1. The third-order valence-electron chi connectivity index (χ3n) is 4.67. The molecule has 0 spiro atoms. The molecule has 2 heterocycles. The van der Waals surface area contributed by atoms with E-state index < -0.39 is 5.72 Å². The molecule has 0 aliphatic carbocycles. The Bertz CT molecular complexity index is 765. The Balaban J connectivity index is 2.04. The maximum atomic E-state index is 12.6. The fraction of sp³-hybridized carbons (Fsp3) is 0.278. The molecule has 2 aromatic rings. The van der Waals surface area contributed by atoms with E-state index in [1.165, 1.54) is 0 Å². The summed E-state index contributed by atoms with van der Waals surface area (Å²) in [7, 11) is 1.80. The summed E-state index contributed by atoms with van der Waals surface area (Å²) in [6.07, 6.45) is 0. The van der Waals surface area contributed by atoms with Crippen molar-refractivity contribution in [2.45, 2.75) is 5.72 Å². The normalized spacial score (nSPS) is 24.3. The quantitative estimate of drug-likeness (QED) is 0.807. The van der Waals surface area contributed by atoms with Gasteiger partial charge in [-0.15, -0.1) is 0 Å². The van der Waals surface area contributed by atoms with Crippen LogP contribution in [-0.2, 0) is 15.3 Å². The lowest BCUT2D eigenvalue weighted by molar-refractivity contribution is -0.122. The van der Waals surface area contributed by atoms with Crippen molar-refractivity contribution in [3.63, 3.8) is 0 Å². The van der Waals surface area contributed by atoms with E-state index in [0.717, 1.165) is 16.8 Å². The Labute approximate surface area is 140 Å². The monoisotopic (exact) mass is 328 g/mol. The molecule has 0 aromatic heterocycles. The number of fused-ring (bicyclic) bond motifs is 3. The highest BCUT2D eigenvalue weighted by molar-refractivity contribution is 6.30. The van der Waals surface area contributed by atoms with Crippen molar-refractivity contribution in [2.75, 3.05) is 31.6 Å². The Morgan fingerprint density at radius 2 is 1.96 bits per heavy atom. The van der Waals surface area contributed by atoms with Gasteiger partial charge in [-0.25, -0.2) is 0 Å². The second-order valence-corrected chi connectivity index (χ2v) is 6.33. The zero-order valence-corrected chi connectivity index (χ0v) is 13.6. The molecule has 1 atom stereocenters. The smallest absolute Gasteiger partial charge is 0.241 e. The number of carbonyl (C=O) groups is 1. The first-order valence-electron chi connectivity index (χ1n) is 7.64. The van der Waals surface area contributed by atoms with Gasteiger partial charge in [0.1, 0.15) is 0 Å². The highest BCUT2D eigenvalue weighted by atomic mass is 35.5. The van der Waals surface area contributed by atoms with Crippen LogP contribution in [-0.4, -0.2) is 37.6 Å². The molecule has 0 radical (unpaired) electrons. The molecule has 1 saturated heterocycles. The van der Waals surface area contributed by atoms with Crippen molar-refractivity contribution in [1.29, 1.82) is 0 Å². The number of hydrogen-bond donors (Lipinski definition) is 0. The zero-order valence-electron chi connectivity index (χ0n) is 12.8. The molecule has 5 heteroatoms. The van der Waals surface area contributed by atoms with Gasteiger partial charge < -0.3 is 9.64 Å². The van der Waals surface area contributed by atoms with E-state index in [0.29, 0.717) is 24.7 Å². The number of likely N-dealkylation sites (N-methyl/N-ethyl adjacent to an activating group) is 1. The summed E-state index contributed by atoms with van der Waals surface area (Å²) in [4.78, 5) is 16.4. The Hall–Kier alpha value is -1.88. The van der Waals surface area contributed by atoms with Crippen molar-refractivity contribution >= 4 is 23.2 Å². The first-order valence-corrected chi connectivity index (χ1v) is 8.02. The van der Waals surface area contributed by atoms with E-state index in [1.807, 2.05) is 48.5 Å². The Morgan fingerprint density at radius 3 is 2.74 bits per heavy atom. The molecule has 0 saturated carbocycles. The van der Waals surface area contributed by atoms with Crippen LogP contribution in [0.3, 0.4) is 0 Å². The molecular weight excluding hydrogens is 312 g/mol. The molecule has 2 aromatic carbocycles. The molecule has 1 amide bonds. The van der Waals surface area contributed by atoms with Crippen molar-refractivity contribution in [3.8, 4) is 0 Å². The van der Waals surface area contributed by atoms with Gasteiger partial charge in [0, 0.05) is 29.7 Å². The van der Waals surface area contributed by atoms with Gasteiger partial charge >= 0.3 is 0 Å². The molecule has 2 aliphatic heterocycles. The number of carbonyl (C=O) groups excluding carboxylic acids is 1. The summed E-state index contributed by atoms with van der Waals surface area (Å²) in [6, 6.07) is 15.7. The molecule has 0 bridgehead atoms. The average Bonchev–Trinajstić information content (AvgIpc) is 2.96. The van der Waals surface area contributed by atoms with Gasteiger partial charge in [-0.3, -0.25) is 9.69 Å². The van der Waals surface area contributed by atoms with Crippen LogP contribution in [0.1, 0.15) is 11.1 Å². The first-order chi connectivity index (χ1) is 11.1. The number of nitrogens with zero attached hydrogens (tertiary/aromatic N) is 2. The highest BCUT2D eigenvalue weighted by Gasteiger charge is 2.50. The Kier molecular flexibility index (Phi) is 3.41. The first kappa shape index (κ1) is 14.7. The summed E-state index contributed by atoms with van der Waals surface area (Å²) in [5.41, 5.74) is 2.01. The van der Waals surface area contributed by atoms with Crippen LogP contribution >= 0.6 is 11.6 Å². The lowest BCUT2D eigenvalue weighted by atomic mass is 9.92. The van der Waals surface area contributed by atoms with Crippen molar-refractivity contribution in [2.24, 2.45) is 0 Å². The predicted octanol–water partition coefficient (Wildman–Crippen LogP) is 2.85. The lowest BCUT2D eigenvalue weighted by Crippen LogP contribution is -2.45. The Morgan fingerprint density at radius 1 is 1.17 bits per heavy atom. The van der Waals surface area contributed by atoms with Gasteiger partial charge in [0.15, 0.2) is 5.72 Å². The van der Waals surface area contributed by atoms with Crippen LogP contribution < -0.4 is 4.90 Å². The summed E-state index contributed by atoms with van der Waals surface area (Å²) in [5.74, 6) is 0.0527. The van der Waals surface area contributed by atoms with Gasteiger partial charge in [-0.05, 0) is 18.2 Å². The van der Waals surface area contributed by atoms with E-state index in [4.69, 9.17) is 16.3 Å². The number of hydrogen-bond acceptors (Lipinski definition) is 3. The third-order valence-corrected chi connectivity index (χ3v) is 4.90. The number of anilines is 1. The second-order valence-electron chi connectivity index (χ2n) is 5.89. The van der Waals surface area contributed by atoms with Crippen LogP contribution in [0.4, 0.5) is 5.69 Å². The molecule has 1 unspecified atom stereocenters. The third kappa shape index (κ3) is 2.10. The highest BCUT2D eigenvalue weighted by Crippen LogP contribution is 2.46. The lowest BCUT2D eigenvalue weighted by Gasteiger charge is -2.36. The largest absolute Gasteiger partial charge is 0.350 e. The van der Waals surface area contributed by atoms with E-state index in [2.05, 4.69) is 4.90 Å². The molecule has 1 fully saturated rings.